The molecule has 9 heteroatoms. The number of aromatic nitrogens is 3. The minimum absolute atomic E-state index is 0.111. The summed E-state index contributed by atoms with van der Waals surface area (Å²) in [7, 11) is -3.66. The number of nitrogens with one attached hydrogen (secondary N) is 2. The van der Waals surface area contributed by atoms with Gasteiger partial charge in [-0.2, -0.15) is 5.10 Å². The van der Waals surface area contributed by atoms with Crippen LogP contribution < -0.4 is 4.72 Å². The third kappa shape index (κ3) is 5.12. The summed E-state index contributed by atoms with van der Waals surface area (Å²) in [5, 5.41) is 7.25. The Balaban J connectivity index is 1.57. The molecule has 142 valence electrons. The van der Waals surface area contributed by atoms with E-state index in [4.69, 9.17) is 11.6 Å². The van der Waals surface area contributed by atoms with E-state index in [1.165, 1.54) is 24.3 Å². The monoisotopic (exact) mass is 408 g/mol. The van der Waals surface area contributed by atoms with Crippen molar-refractivity contribution in [2.24, 2.45) is 0 Å². The van der Waals surface area contributed by atoms with E-state index in [0.717, 1.165) is 11.1 Å². The van der Waals surface area contributed by atoms with Crippen LogP contribution in [0, 0.1) is 12.7 Å². The Morgan fingerprint density at radius 3 is 2.78 bits per heavy atom. The Morgan fingerprint density at radius 2 is 2.04 bits per heavy atom. The molecule has 27 heavy (non-hydrogen) atoms. The molecule has 0 aliphatic heterocycles. The third-order valence-corrected chi connectivity index (χ3v) is 5.80. The van der Waals surface area contributed by atoms with Crippen molar-refractivity contribution in [1.29, 1.82) is 0 Å². The minimum atomic E-state index is -3.66. The lowest BCUT2D eigenvalue weighted by molar-refractivity contribution is 0.581. The Morgan fingerprint density at radius 1 is 1.22 bits per heavy atom. The Bertz CT molecular complexity index is 1050. The van der Waals surface area contributed by atoms with Crippen LogP contribution in [0.1, 0.15) is 22.8 Å². The first-order chi connectivity index (χ1) is 12.8. The Labute approximate surface area is 161 Å². The molecule has 2 N–H and O–H groups in total. The molecule has 0 bridgehead atoms. The number of benzene rings is 2. The standard InChI is InChI=1S/C18H18ClFN4O2S/c1-12-5-6-15(11-16(12)19)27(25,26)21-8-7-17-22-18(24-23-17)10-13-3-2-4-14(20)9-13/h2-6,9,11,21H,7-8,10H2,1H3,(H,22,23,24). The normalized spacial score (nSPS) is 11.7. The molecule has 0 saturated carbocycles. The number of sulfonamides is 1. The lowest BCUT2D eigenvalue weighted by atomic mass is 10.1. The second-order valence-electron chi connectivity index (χ2n) is 6.06. The van der Waals surface area contributed by atoms with Crippen LogP contribution >= 0.6 is 11.6 Å². The molecule has 0 amide bonds. The fraction of sp³-hybridized carbons (Fsp3) is 0.222. The smallest absolute Gasteiger partial charge is 0.240 e. The highest BCUT2D eigenvalue weighted by Gasteiger charge is 2.15. The van der Waals surface area contributed by atoms with Gasteiger partial charge in [0.25, 0.3) is 0 Å². The number of H-pyrrole nitrogens is 1. The SMILES string of the molecule is Cc1ccc(S(=O)(=O)NCCc2n[nH]c(Cc3cccc(F)c3)n2)cc1Cl. The van der Waals surface area contributed by atoms with Crippen molar-refractivity contribution in [2.75, 3.05) is 6.54 Å². The summed E-state index contributed by atoms with van der Waals surface area (Å²) in [6.07, 6.45) is 0.733. The van der Waals surface area contributed by atoms with Crippen LogP contribution in [-0.2, 0) is 22.9 Å². The van der Waals surface area contributed by atoms with Crippen molar-refractivity contribution < 1.29 is 12.8 Å². The summed E-state index contributed by atoms with van der Waals surface area (Å²) in [5.41, 5.74) is 1.58. The molecule has 0 atom stereocenters. The molecule has 0 radical (unpaired) electrons. The molecular weight excluding hydrogens is 391 g/mol. The van der Waals surface area contributed by atoms with Crippen LogP contribution in [0.3, 0.4) is 0 Å². The predicted molar refractivity (Wildman–Crippen MR) is 101 cm³/mol. The fourth-order valence-corrected chi connectivity index (χ4v) is 3.79. The predicted octanol–water partition coefficient (Wildman–Crippen LogP) is 3.02. The summed E-state index contributed by atoms with van der Waals surface area (Å²) in [6.45, 7) is 1.95. The van der Waals surface area contributed by atoms with Gasteiger partial charge in [-0.3, -0.25) is 5.10 Å². The zero-order valence-corrected chi connectivity index (χ0v) is 16.1. The summed E-state index contributed by atoms with van der Waals surface area (Å²) in [5.74, 6) is 0.757. The first kappa shape index (κ1) is 19.5. The Kier molecular flexibility index (Phi) is 5.88. The molecule has 1 aromatic heterocycles. The highest BCUT2D eigenvalue weighted by molar-refractivity contribution is 7.89. The second-order valence-corrected chi connectivity index (χ2v) is 8.24. The number of halogens is 2. The number of aryl methyl sites for hydroxylation is 1. The summed E-state index contributed by atoms with van der Waals surface area (Å²) >= 11 is 5.99. The van der Waals surface area contributed by atoms with Crippen molar-refractivity contribution in [3.05, 3.63) is 76.1 Å². The van der Waals surface area contributed by atoms with Gasteiger partial charge in [0.15, 0.2) is 5.82 Å². The molecule has 0 unspecified atom stereocenters. The van der Waals surface area contributed by atoms with Gasteiger partial charge in [0, 0.05) is 24.4 Å². The van der Waals surface area contributed by atoms with Crippen molar-refractivity contribution in [1.82, 2.24) is 19.9 Å². The van der Waals surface area contributed by atoms with Gasteiger partial charge >= 0.3 is 0 Å². The maximum absolute atomic E-state index is 13.2. The quantitative estimate of drug-likeness (QED) is 0.629. The van der Waals surface area contributed by atoms with Crippen molar-refractivity contribution in [3.63, 3.8) is 0 Å². The zero-order chi connectivity index (χ0) is 19.4. The Hall–Kier alpha value is -2.29. The minimum Gasteiger partial charge on any atom is -0.263 e. The molecule has 3 rings (SSSR count). The molecule has 0 spiro atoms. The van der Waals surface area contributed by atoms with Gasteiger partial charge in [-0.1, -0.05) is 29.8 Å². The number of hydrogen-bond acceptors (Lipinski definition) is 4. The van der Waals surface area contributed by atoms with E-state index >= 15 is 0 Å². The molecule has 3 aromatic rings. The maximum Gasteiger partial charge on any atom is 0.240 e. The van der Waals surface area contributed by atoms with E-state index in [0.29, 0.717) is 29.5 Å². The molecule has 2 aromatic carbocycles. The highest BCUT2D eigenvalue weighted by Crippen LogP contribution is 2.19. The molecule has 1 heterocycles. The zero-order valence-electron chi connectivity index (χ0n) is 14.5. The number of rotatable bonds is 7. The van der Waals surface area contributed by atoms with E-state index in [1.54, 1.807) is 25.1 Å². The fourth-order valence-electron chi connectivity index (χ4n) is 2.49. The van der Waals surface area contributed by atoms with Crippen molar-refractivity contribution >= 4 is 21.6 Å². The lowest BCUT2D eigenvalue weighted by Gasteiger charge is -2.07. The van der Waals surface area contributed by atoms with Gasteiger partial charge in [0.05, 0.1) is 4.90 Å². The van der Waals surface area contributed by atoms with Crippen LogP contribution in [0.5, 0.6) is 0 Å². The van der Waals surface area contributed by atoms with E-state index in [-0.39, 0.29) is 17.3 Å². The van der Waals surface area contributed by atoms with Crippen molar-refractivity contribution in [2.45, 2.75) is 24.7 Å². The van der Waals surface area contributed by atoms with Crippen LogP contribution in [-0.4, -0.2) is 30.1 Å². The molecular formula is C18H18ClFN4O2S. The molecule has 0 saturated heterocycles. The van der Waals surface area contributed by atoms with Crippen LogP contribution in [0.2, 0.25) is 5.02 Å². The molecule has 6 nitrogen and oxygen atoms in total. The molecule has 0 fully saturated rings. The summed E-state index contributed by atoms with van der Waals surface area (Å²) < 4.78 is 40.3. The summed E-state index contributed by atoms with van der Waals surface area (Å²) in [6, 6.07) is 10.8. The first-order valence-corrected chi connectivity index (χ1v) is 10.1. The van der Waals surface area contributed by atoms with Gasteiger partial charge in [0.1, 0.15) is 11.6 Å². The van der Waals surface area contributed by atoms with Gasteiger partial charge in [-0.25, -0.2) is 22.5 Å². The highest BCUT2D eigenvalue weighted by atomic mass is 35.5. The van der Waals surface area contributed by atoms with Gasteiger partial charge in [-0.05, 0) is 42.3 Å². The summed E-state index contributed by atoms with van der Waals surface area (Å²) in [4.78, 5) is 4.42. The lowest BCUT2D eigenvalue weighted by Crippen LogP contribution is -2.26. The van der Waals surface area contributed by atoms with E-state index < -0.39 is 10.0 Å². The largest absolute Gasteiger partial charge is 0.263 e. The molecule has 0 aliphatic carbocycles. The van der Waals surface area contributed by atoms with Crippen LogP contribution in [0.15, 0.2) is 47.4 Å². The van der Waals surface area contributed by atoms with E-state index in [2.05, 4.69) is 19.9 Å². The maximum atomic E-state index is 13.2. The number of hydrogen-bond donors (Lipinski definition) is 2. The topological polar surface area (TPSA) is 87.7 Å². The van der Waals surface area contributed by atoms with Gasteiger partial charge in [-0.15, -0.1) is 0 Å². The first-order valence-electron chi connectivity index (χ1n) is 8.24. The average molecular weight is 409 g/mol. The van der Waals surface area contributed by atoms with Crippen LogP contribution in [0.25, 0.3) is 0 Å². The third-order valence-electron chi connectivity index (χ3n) is 3.93. The van der Waals surface area contributed by atoms with E-state index in [9.17, 15) is 12.8 Å². The second kappa shape index (κ2) is 8.16. The van der Waals surface area contributed by atoms with Gasteiger partial charge in [0.2, 0.25) is 10.0 Å². The number of aromatic amines is 1. The van der Waals surface area contributed by atoms with E-state index in [1.807, 2.05) is 0 Å². The number of nitrogens with zero attached hydrogens (tertiary/aromatic N) is 2. The van der Waals surface area contributed by atoms with Crippen molar-refractivity contribution in [3.8, 4) is 0 Å². The molecule has 0 aliphatic rings. The average Bonchev–Trinajstić information content (AvgIpc) is 3.04. The van der Waals surface area contributed by atoms with Gasteiger partial charge < -0.3 is 0 Å². The van der Waals surface area contributed by atoms with Crippen LogP contribution in [0.4, 0.5) is 4.39 Å².